The third kappa shape index (κ3) is 4.90. The van der Waals surface area contributed by atoms with Gasteiger partial charge in [-0.2, -0.15) is 0 Å². The van der Waals surface area contributed by atoms with E-state index >= 15 is 0 Å². The molecule has 0 aromatic heterocycles. The summed E-state index contributed by atoms with van der Waals surface area (Å²) in [5.74, 6) is 0. The van der Waals surface area contributed by atoms with E-state index in [4.69, 9.17) is 0 Å². The summed E-state index contributed by atoms with van der Waals surface area (Å²) in [4.78, 5) is 0. The molecule has 0 fully saturated rings. The molecule has 1 unspecified atom stereocenters. The zero-order valence-electron chi connectivity index (χ0n) is 14.5. The van der Waals surface area contributed by atoms with Crippen molar-refractivity contribution in [3.63, 3.8) is 0 Å². The predicted octanol–water partition coefficient (Wildman–Crippen LogP) is 6.40. The lowest BCUT2D eigenvalue weighted by atomic mass is 9.82. The third-order valence-electron chi connectivity index (χ3n) is 5.00. The highest BCUT2D eigenvalue weighted by Crippen LogP contribution is 2.33. The SMILES string of the molecule is CCCCCCCCCCCC1(C)NC=Cc2ccccc21. The van der Waals surface area contributed by atoms with E-state index < -0.39 is 0 Å². The molecule has 0 bridgehead atoms. The number of nitrogens with one attached hydrogen (secondary N) is 1. The van der Waals surface area contributed by atoms with Gasteiger partial charge >= 0.3 is 0 Å². The van der Waals surface area contributed by atoms with Gasteiger partial charge in [0.05, 0.1) is 5.54 Å². The summed E-state index contributed by atoms with van der Waals surface area (Å²) in [6.45, 7) is 4.63. The minimum absolute atomic E-state index is 0.118. The Kier molecular flexibility index (Phi) is 7.02. The van der Waals surface area contributed by atoms with Gasteiger partial charge in [-0.1, -0.05) is 89.0 Å². The van der Waals surface area contributed by atoms with Crippen LogP contribution in [0.3, 0.4) is 0 Å². The fraction of sp³-hybridized carbons (Fsp3) is 0.619. The Balaban J connectivity index is 1.66. The fourth-order valence-corrected chi connectivity index (χ4v) is 3.53. The first kappa shape index (κ1) is 17.1. The normalized spacial score (nSPS) is 19.7. The Hall–Kier alpha value is -1.24. The zero-order chi connectivity index (χ0) is 15.7. The van der Waals surface area contributed by atoms with E-state index in [-0.39, 0.29) is 5.54 Å². The summed E-state index contributed by atoms with van der Waals surface area (Å²) in [6.07, 6.45) is 18.1. The van der Waals surface area contributed by atoms with Crippen molar-refractivity contribution < 1.29 is 0 Å². The maximum absolute atomic E-state index is 3.60. The molecule has 122 valence electrons. The van der Waals surface area contributed by atoms with Crippen LogP contribution in [0.4, 0.5) is 0 Å². The maximum Gasteiger partial charge on any atom is 0.0597 e. The molecule has 0 radical (unpaired) electrons. The molecule has 0 saturated carbocycles. The van der Waals surface area contributed by atoms with Gasteiger partial charge < -0.3 is 5.32 Å². The van der Waals surface area contributed by atoms with E-state index in [0.29, 0.717) is 0 Å². The average molecular weight is 300 g/mol. The molecule has 1 heteroatoms. The fourth-order valence-electron chi connectivity index (χ4n) is 3.53. The number of hydrogen-bond donors (Lipinski definition) is 1. The van der Waals surface area contributed by atoms with Crippen molar-refractivity contribution in [1.29, 1.82) is 0 Å². The number of fused-ring (bicyclic) bond motifs is 1. The molecule has 0 spiro atoms. The average Bonchev–Trinajstić information content (AvgIpc) is 2.54. The molecule has 1 atom stereocenters. The first-order chi connectivity index (χ1) is 10.8. The summed E-state index contributed by atoms with van der Waals surface area (Å²) in [5, 5.41) is 3.60. The molecule has 0 aliphatic carbocycles. The Morgan fingerprint density at radius 2 is 1.50 bits per heavy atom. The van der Waals surface area contributed by atoms with Gasteiger partial charge in [-0.3, -0.25) is 0 Å². The van der Waals surface area contributed by atoms with Crippen molar-refractivity contribution in [2.75, 3.05) is 0 Å². The largest absolute Gasteiger partial charge is 0.382 e. The van der Waals surface area contributed by atoms with Gasteiger partial charge in [0.2, 0.25) is 0 Å². The lowest BCUT2D eigenvalue weighted by Crippen LogP contribution is -2.38. The monoisotopic (exact) mass is 299 g/mol. The number of unbranched alkanes of at least 4 members (excludes halogenated alkanes) is 8. The van der Waals surface area contributed by atoms with Crippen LogP contribution < -0.4 is 5.32 Å². The van der Waals surface area contributed by atoms with Gasteiger partial charge in [-0.05, 0) is 36.7 Å². The Morgan fingerprint density at radius 3 is 2.23 bits per heavy atom. The Bertz CT molecular complexity index is 463. The van der Waals surface area contributed by atoms with Crippen molar-refractivity contribution in [1.82, 2.24) is 5.32 Å². The lowest BCUT2D eigenvalue weighted by Gasteiger charge is -2.35. The summed E-state index contributed by atoms with van der Waals surface area (Å²) in [5.41, 5.74) is 2.95. The van der Waals surface area contributed by atoms with Gasteiger partial charge in [-0.15, -0.1) is 0 Å². The Morgan fingerprint density at radius 1 is 0.864 bits per heavy atom. The molecule has 1 nitrogen and oxygen atoms in total. The minimum Gasteiger partial charge on any atom is -0.382 e. The number of rotatable bonds is 10. The Labute approximate surface area is 137 Å². The van der Waals surface area contributed by atoms with Crippen LogP contribution in [-0.2, 0) is 5.54 Å². The van der Waals surface area contributed by atoms with Gasteiger partial charge in [0.15, 0.2) is 0 Å². The van der Waals surface area contributed by atoms with Crippen LogP contribution in [0, 0.1) is 0 Å². The van der Waals surface area contributed by atoms with E-state index in [2.05, 4.69) is 55.7 Å². The molecule has 1 aromatic rings. The second-order valence-electron chi connectivity index (χ2n) is 6.98. The standard InChI is InChI=1S/C21H33N/c1-3-4-5-6-7-8-9-10-13-17-21(2)20-15-12-11-14-19(20)16-18-22-21/h11-12,14-16,18,22H,3-10,13,17H2,1-2H3. The molecular formula is C21H33N. The first-order valence-electron chi connectivity index (χ1n) is 9.30. The quantitative estimate of drug-likeness (QED) is 0.493. The van der Waals surface area contributed by atoms with Crippen molar-refractivity contribution >= 4 is 6.08 Å². The van der Waals surface area contributed by atoms with Crippen molar-refractivity contribution in [2.45, 2.75) is 83.6 Å². The van der Waals surface area contributed by atoms with Crippen molar-refractivity contribution in [2.24, 2.45) is 0 Å². The molecule has 1 heterocycles. The van der Waals surface area contributed by atoms with Crippen LogP contribution in [-0.4, -0.2) is 0 Å². The third-order valence-corrected chi connectivity index (χ3v) is 5.00. The van der Waals surface area contributed by atoms with E-state index in [9.17, 15) is 0 Å². The predicted molar refractivity (Wildman–Crippen MR) is 97.8 cm³/mol. The summed E-state index contributed by atoms with van der Waals surface area (Å²) in [6, 6.07) is 8.79. The molecule has 0 amide bonds. The van der Waals surface area contributed by atoms with Crippen LogP contribution in [0.1, 0.15) is 89.2 Å². The summed E-state index contributed by atoms with van der Waals surface area (Å²) < 4.78 is 0. The van der Waals surface area contributed by atoms with Crippen molar-refractivity contribution in [3.05, 3.63) is 41.6 Å². The second-order valence-corrected chi connectivity index (χ2v) is 6.98. The molecule has 1 N–H and O–H groups in total. The topological polar surface area (TPSA) is 12.0 Å². The zero-order valence-corrected chi connectivity index (χ0v) is 14.5. The van der Waals surface area contributed by atoms with E-state index in [1.807, 2.05) is 0 Å². The molecule has 2 rings (SSSR count). The summed E-state index contributed by atoms with van der Waals surface area (Å²) >= 11 is 0. The molecule has 0 saturated heterocycles. The van der Waals surface area contributed by atoms with Crippen LogP contribution >= 0.6 is 0 Å². The number of benzene rings is 1. The molecule has 1 aliphatic rings. The van der Waals surface area contributed by atoms with E-state index in [1.165, 1.54) is 75.3 Å². The van der Waals surface area contributed by atoms with Crippen LogP contribution in [0.15, 0.2) is 30.5 Å². The summed E-state index contributed by atoms with van der Waals surface area (Å²) in [7, 11) is 0. The molecular weight excluding hydrogens is 266 g/mol. The van der Waals surface area contributed by atoms with E-state index in [1.54, 1.807) is 0 Å². The minimum atomic E-state index is 0.118. The van der Waals surface area contributed by atoms with E-state index in [0.717, 1.165) is 0 Å². The highest BCUT2D eigenvalue weighted by Gasteiger charge is 2.28. The smallest absolute Gasteiger partial charge is 0.0597 e. The van der Waals surface area contributed by atoms with Gasteiger partial charge in [0.1, 0.15) is 0 Å². The second kappa shape index (κ2) is 9.02. The highest BCUT2D eigenvalue weighted by molar-refractivity contribution is 5.58. The van der Waals surface area contributed by atoms with Gasteiger partial charge in [-0.25, -0.2) is 0 Å². The van der Waals surface area contributed by atoms with Crippen molar-refractivity contribution in [3.8, 4) is 0 Å². The molecule has 22 heavy (non-hydrogen) atoms. The van der Waals surface area contributed by atoms with Crippen LogP contribution in [0.25, 0.3) is 6.08 Å². The first-order valence-corrected chi connectivity index (χ1v) is 9.30. The lowest BCUT2D eigenvalue weighted by molar-refractivity contribution is 0.362. The number of hydrogen-bond acceptors (Lipinski definition) is 1. The molecule has 1 aliphatic heterocycles. The molecule has 1 aromatic carbocycles. The van der Waals surface area contributed by atoms with Gasteiger partial charge in [0, 0.05) is 0 Å². The maximum atomic E-state index is 3.60. The highest BCUT2D eigenvalue weighted by atomic mass is 15.0. The van der Waals surface area contributed by atoms with Crippen LogP contribution in [0.5, 0.6) is 0 Å². The van der Waals surface area contributed by atoms with Crippen LogP contribution in [0.2, 0.25) is 0 Å². The van der Waals surface area contributed by atoms with Gasteiger partial charge in [0.25, 0.3) is 0 Å².